The van der Waals surface area contributed by atoms with Crippen molar-refractivity contribution in [2.75, 3.05) is 12.4 Å². The Balaban J connectivity index is 2.13. The van der Waals surface area contributed by atoms with Gasteiger partial charge in [-0.1, -0.05) is 6.07 Å². The molecule has 2 amide bonds. The molecule has 20 heavy (non-hydrogen) atoms. The maximum absolute atomic E-state index is 12.2. The summed E-state index contributed by atoms with van der Waals surface area (Å²) in [5.41, 5.74) is 7.88. The smallest absolute Gasteiger partial charge is 0.251 e. The Bertz CT molecular complexity index is 528. The lowest BCUT2D eigenvalue weighted by Crippen LogP contribution is -2.24. The van der Waals surface area contributed by atoms with Crippen LogP contribution in [0.15, 0.2) is 18.2 Å². The van der Waals surface area contributed by atoms with Crippen LogP contribution in [-0.2, 0) is 4.79 Å². The van der Waals surface area contributed by atoms with Gasteiger partial charge in [0.25, 0.3) is 5.91 Å². The molecule has 2 atom stereocenters. The van der Waals surface area contributed by atoms with E-state index in [1.165, 1.54) is 0 Å². The minimum absolute atomic E-state index is 0.00453. The van der Waals surface area contributed by atoms with Crippen molar-refractivity contribution in [2.45, 2.75) is 32.2 Å². The topological polar surface area (TPSA) is 84.2 Å². The Morgan fingerprint density at radius 3 is 2.65 bits per heavy atom. The van der Waals surface area contributed by atoms with Gasteiger partial charge in [0.2, 0.25) is 5.91 Å². The average molecular weight is 275 g/mol. The molecule has 1 aliphatic carbocycles. The van der Waals surface area contributed by atoms with E-state index >= 15 is 0 Å². The Kier molecular flexibility index (Phi) is 4.39. The van der Waals surface area contributed by atoms with E-state index in [9.17, 15) is 9.59 Å². The van der Waals surface area contributed by atoms with Gasteiger partial charge in [0.1, 0.15) is 0 Å². The summed E-state index contributed by atoms with van der Waals surface area (Å²) in [6.07, 6.45) is 2.47. The number of carbonyl (C=O) groups is 2. The number of benzene rings is 1. The third-order valence-corrected chi connectivity index (χ3v) is 3.91. The van der Waals surface area contributed by atoms with E-state index < -0.39 is 0 Å². The van der Waals surface area contributed by atoms with Gasteiger partial charge in [0, 0.05) is 30.3 Å². The first-order valence-corrected chi connectivity index (χ1v) is 6.91. The molecule has 108 valence electrons. The monoisotopic (exact) mass is 275 g/mol. The van der Waals surface area contributed by atoms with Crippen molar-refractivity contribution in [1.82, 2.24) is 5.32 Å². The number of amides is 2. The normalized spacial score (nSPS) is 21.6. The van der Waals surface area contributed by atoms with E-state index in [0.717, 1.165) is 24.8 Å². The molecule has 0 aliphatic heterocycles. The van der Waals surface area contributed by atoms with Gasteiger partial charge >= 0.3 is 0 Å². The van der Waals surface area contributed by atoms with Gasteiger partial charge in [-0.25, -0.2) is 0 Å². The summed E-state index contributed by atoms with van der Waals surface area (Å²) in [5.74, 6) is -0.176. The number of nitrogens with one attached hydrogen (secondary N) is 2. The van der Waals surface area contributed by atoms with Crippen molar-refractivity contribution in [3.8, 4) is 0 Å². The number of rotatable bonds is 3. The first kappa shape index (κ1) is 14.5. The quantitative estimate of drug-likeness (QED) is 0.780. The molecular formula is C15H21N3O2. The molecule has 2 rings (SSSR count). The maximum Gasteiger partial charge on any atom is 0.251 e. The Morgan fingerprint density at radius 1 is 1.30 bits per heavy atom. The molecule has 1 fully saturated rings. The number of anilines is 1. The van der Waals surface area contributed by atoms with Crippen molar-refractivity contribution >= 4 is 17.5 Å². The third-order valence-electron chi connectivity index (χ3n) is 3.91. The largest absolute Gasteiger partial charge is 0.355 e. The lowest BCUT2D eigenvalue weighted by molar-refractivity contribution is -0.119. The number of hydrogen-bond donors (Lipinski definition) is 3. The van der Waals surface area contributed by atoms with Crippen LogP contribution >= 0.6 is 0 Å². The fourth-order valence-corrected chi connectivity index (χ4v) is 2.64. The molecule has 0 spiro atoms. The molecule has 0 heterocycles. The Hall–Kier alpha value is -1.88. The highest BCUT2D eigenvalue weighted by molar-refractivity contribution is 5.99. The Labute approximate surface area is 118 Å². The summed E-state index contributed by atoms with van der Waals surface area (Å²) in [6.45, 7) is 1.83. The van der Waals surface area contributed by atoms with E-state index in [4.69, 9.17) is 5.73 Å². The van der Waals surface area contributed by atoms with Gasteiger partial charge < -0.3 is 16.4 Å². The predicted octanol–water partition coefficient (Wildman–Crippen LogP) is 1.42. The molecule has 1 aliphatic rings. The predicted molar refractivity (Wildman–Crippen MR) is 78.5 cm³/mol. The van der Waals surface area contributed by atoms with Gasteiger partial charge in [-0.15, -0.1) is 0 Å². The van der Waals surface area contributed by atoms with Crippen LogP contribution < -0.4 is 16.4 Å². The average Bonchev–Trinajstić information content (AvgIpc) is 2.87. The van der Waals surface area contributed by atoms with E-state index in [1.54, 1.807) is 19.2 Å². The first-order chi connectivity index (χ1) is 9.52. The highest BCUT2D eigenvalue weighted by Crippen LogP contribution is 2.26. The summed E-state index contributed by atoms with van der Waals surface area (Å²) < 4.78 is 0. The molecule has 2 unspecified atom stereocenters. The third kappa shape index (κ3) is 2.99. The van der Waals surface area contributed by atoms with Crippen LogP contribution in [0, 0.1) is 12.8 Å². The van der Waals surface area contributed by atoms with Crippen LogP contribution in [0.5, 0.6) is 0 Å². The highest BCUT2D eigenvalue weighted by atomic mass is 16.2. The second-order valence-corrected chi connectivity index (χ2v) is 5.32. The lowest BCUT2D eigenvalue weighted by Gasteiger charge is -2.14. The summed E-state index contributed by atoms with van der Waals surface area (Å²) in [4.78, 5) is 23.9. The second-order valence-electron chi connectivity index (χ2n) is 5.32. The zero-order valence-corrected chi connectivity index (χ0v) is 11.9. The number of nitrogens with two attached hydrogens (primary N) is 1. The van der Waals surface area contributed by atoms with Crippen molar-refractivity contribution in [2.24, 2.45) is 11.7 Å². The van der Waals surface area contributed by atoms with Crippen molar-refractivity contribution in [3.63, 3.8) is 0 Å². The minimum Gasteiger partial charge on any atom is -0.355 e. The number of hydrogen-bond acceptors (Lipinski definition) is 3. The SMILES string of the molecule is CNC(=O)c1cccc(NC(=O)C2CCC(N)C2)c1C. The zero-order valence-electron chi connectivity index (χ0n) is 11.9. The molecule has 0 aromatic heterocycles. The van der Waals surface area contributed by atoms with Gasteiger partial charge in [0.15, 0.2) is 0 Å². The number of carbonyl (C=O) groups excluding carboxylic acids is 2. The molecule has 0 saturated heterocycles. The van der Waals surface area contributed by atoms with Crippen LogP contribution in [-0.4, -0.2) is 24.9 Å². The first-order valence-electron chi connectivity index (χ1n) is 6.91. The molecular weight excluding hydrogens is 254 g/mol. The van der Waals surface area contributed by atoms with Gasteiger partial charge in [0.05, 0.1) is 0 Å². The molecule has 0 radical (unpaired) electrons. The van der Waals surface area contributed by atoms with Crippen LogP contribution in [0.25, 0.3) is 0 Å². The van der Waals surface area contributed by atoms with Crippen molar-refractivity contribution in [3.05, 3.63) is 29.3 Å². The van der Waals surface area contributed by atoms with Crippen molar-refractivity contribution < 1.29 is 9.59 Å². The van der Waals surface area contributed by atoms with E-state index in [1.807, 2.05) is 13.0 Å². The van der Waals surface area contributed by atoms with Crippen LogP contribution in [0.4, 0.5) is 5.69 Å². The minimum atomic E-state index is -0.151. The van der Waals surface area contributed by atoms with Gasteiger partial charge in [-0.3, -0.25) is 9.59 Å². The fraction of sp³-hybridized carbons (Fsp3) is 0.467. The highest BCUT2D eigenvalue weighted by Gasteiger charge is 2.28. The molecule has 5 nitrogen and oxygen atoms in total. The molecule has 1 aromatic carbocycles. The van der Waals surface area contributed by atoms with E-state index in [-0.39, 0.29) is 23.8 Å². The second kappa shape index (κ2) is 6.05. The molecule has 5 heteroatoms. The molecule has 1 saturated carbocycles. The van der Waals surface area contributed by atoms with Gasteiger partial charge in [-0.05, 0) is 43.9 Å². The molecule has 4 N–H and O–H groups in total. The standard InChI is InChI=1S/C15H21N3O2/c1-9-12(15(20)17-2)4-3-5-13(9)18-14(19)10-6-7-11(16)8-10/h3-5,10-11H,6-8,16H2,1-2H3,(H,17,20)(H,18,19). The zero-order chi connectivity index (χ0) is 14.7. The van der Waals surface area contributed by atoms with Gasteiger partial charge in [-0.2, -0.15) is 0 Å². The summed E-state index contributed by atoms with van der Waals surface area (Å²) in [7, 11) is 1.59. The van der Waals surface area contributed by atoms with E-state index in [0.29, 0.717) is 11.3 Å². The van der Waals surface area contributed by atoms with Crippen LogP contribution in [0.1, 0.15) is 35.2 Å². The summed E-state index contributed by atoms with van der Waals surface area (Å²) in [6, 6.07) is 5.46. The Morgan fingerprint density at radius 2 is 2.05 bits per heavy atom. The molecule has 0 bridgehead atoms. The van der Waals surface area contributed by atoms with Crippen molar-refractivity contribution in [1.29, 1.82) is 0 Å². The summed E-state index contributed by atoms with van der Waals surface area (Å²) in [5, 5.41) is 5.51. The maximum atomic E-state index is 12.2. The fourth-order valence-electron chi connectivity index (χ4n) is 2.64. The van der Waals surface area contributed by atoms with Crippen LogP contribution in [0.2, 0.25) is 0 Å². The summed E-state index contributed by atoms with van der Waals surface area (Å²) >= 11 is 0. The molecule has 1 aromatic rings. The van der Waals surface area contributed by atoms with Crippen LogP contribution in [0.3, 0.4) is 0 Å². The lowest BCUT2D eigenvalue weighted by atomic mass is 10.0. The van der Waals surface area contributed by atoms with E-state index in [2.05, 4.69) is 10.6 Å².